The van der Waals surface area contributed by atoms with Gasteiger partial charge < -0.3 is 9.52 Å². The van der Waals surface area contributed by atoms with Gasteiger partial charge in [-0.25, -0.2) is 0 Å². The molecule has 1 aliphatic rings. The average Bonchev–Trinajstić information content (AvgIpc) is 3.26. The molecule has 9 heteroatoms. The molecule has 1 N–H and O–H groups in total. The van der Waals surface area contributed by atoms with E-state index in [-0.39, 0.29) is 12.3 Å². The molecular weight excluding hydrogens is 465 g/mol. The van der Waals surface area contributed by atoms with Gasteiger partial charge in [-0.2, -0.15) is 0 Å². The monoisotopic (exact) mass is 483 g/mol. The molecule has 5 nitrogen and oxygen atoms in total. The predicted molar refractivity (Wildman–Crippen MR) is 125 cm³/mol. The van der Waals surface area contributed by atoms with Crippen LogP contribution < -0.4 is 0 Å². The fraction of sp³-hybridized carbons (Fsp3) is 0.286. The van der Waals surface area contributed by atoms with Gasteiger partial charge in [0.15, 0.2) is 0 Å². The third-order valence-electron chi connectivity index (χ3n) is 4.50. The Morgan fingerprint density at radius 2 is 1.90 bits per heavy atom. The number of furan rings is 1. The van der Waals surface area contributed by atoms with Crippen LogP contribution >= 0.6 is 47.2 Å². The number of carboxylic acid groups (broad SMARTS) is 1. The van der Waals surface area contributed by atoms with Crippen LogP contribution in [0.5, 0.6) is 0 Å². The van der Waals surface area contributed by atoms with E-state index in [2.05, 4.69) is 0 Å². The number of halogens is 2. The number of hydrogen-bond acceptors (Lipinski definition) is 5. The second-order valence-electron chi connectivity index (χ2n) is 6.72. The molecule has 30 heavy (non-hydrogen) atoms. The number of thiocarbonyl (C=S) groups is 1. The number of thioether (sulfide) groups is 1. The molecule has 1 aromatic carbocycles. The Hall–Kier alpha value is -1.80. The largest absolute Gasteiger partial charge is 0.481 e. The smallest absolute Gasteiger partial charge is 0.303 e. The molecule has 158 valence electrons. The molecule has 2 aromatic rings. The highest BCUT2D eigenvalue weighted by Gasteiger charge is 2.31. The Morgan fingerprint density at radius 3 is 2.63 bits per heavy atom. The number of aliphatic carboxylic acids is 1. The van der Waals surface area contributed by atoms with E-state index < -0.39 is 5.97 Å². The van der Waals surface area contributed by atoms with Crippen molar-refractivity contribution in [1.29, 1.82) is 0 Å². The van der Waals surface area contributed by atoms with Crippen LogP contribution in [-0.2, 0) is 9.59 Å². The zero-order valence-corrected chi connectivity index (χ0v) is 19.0. The van der Waals surface area contributed by atoms with Crippen molar-refractivity contribution in [1.82, 2.24) is 4.90 Å². The normalized spacial score (nSPS) is 15.4. The molecule has 1 aliphatic heterocycles. The maximum Gasteiger partial charge on any atom is 0.303 e. The number of rotatable bonds is 9. The van der Waals surface area contributed by atoms with E-state index in [0.29, 0.717) is 43.8 Å². The van der Waals surface area contributed by atoms with Crippen molar-refractivity contribution in [2.75, 3.05) is 6.54 Å². The topological polar surface area (TPSA) is 70.8 Å². The highest BCUT2D eigenvalue weighted by atomic mass is 35.5. The first-order chi connectivity index (χ1) is 14.3. The van der Waals surface area contributed by atoms with Gasteiger partial charge in [0.25, 0.3) is 5.91 Å². The summed E-state index contributed by atoms with van der Waals surface area (Å²) in [6.07, 6.45) is 4.97. The van der Waals surface area contributed by atoms with E-state index in [9.17, 15) is 9.59 Å². The lowest BCUT2D eigenvalue weighted by Gasteiger charge is -2.13. The minimum atomic E-state index is -0.780. The standard InChI is InChI=1S/C21H19Cl2NO4S2/c22-15-8-6-13(11-16(15)23)17-9-7-14(28-17)12-18-20(27)24(21(29)30-18)10-4-2-1-3-5-19(25)26/h6-9,11-12H,1-5,10H2,(H,25,26)/b18-12+. The van der Waals surface area contributed by atoms with Crippen LogP contribution in [0, 0.1) is 0 Å². The lowest BCUT2D eigenvalue weighted by Crippen LogP contribution is -2.29. The van der Waals surface area contributed by atoms with Gasteiger partial charge in [-0.15, -0.1) is 0 Å². The molecule has 2 heterocycles. The number of amides is 1. The fourth-order valence-corrected chi connectivity index (χ4v) is 4.54. The lowest BCUT2D eigenvalue weighted by molar-refractivity contribution is -0.137. The van der Waals surface area contributed by atoms with E-state index in [1.807, 2.05) is 12.1 Å². The highest BCUT2D eigenvalue weighted by Crippen LogP contribution is 2.34. The molecule has 0 saturated carbocycles. The molecular formula is C21H19Cl2NO4S2. The minimum Gasteiger partial charge on any atom is -0.481 e. The number of carbonyl (C=O) groups excluding carboxylic acids is 1. The van der Waals surface area contributed by atoms with Crippen molar-refractivity contribution in [2.24, 2.45) is 0 Å². The average molecular weight is 484 g/mol. The molecule has 0 aliphatic carbocycles. The molecule has 3 rings (SSSR count). The summed E-state index contributed by atoms with van der Waals surface area (Å²) in [6, 6.07) is 8.83. The van der Waals surface area contributed by atoms with Gasteiger partial charge in [-0.1, -0.05) is 60.0 Å². The number of unbranched alkanes of at least 4 members (excludes halogenated alkanes) is 3. The minimum absolute atomic E-state index is 0.136. The van der Waals surface area contributed by atoms with Crippen molar-refractivity contribution in [3.05, 3.63) is 51.0 Å². The van der Waals surface area contributed by atoms with Gasteiger partial charge in [0.2, 0.25) is 0 Å². The second-order valence-corrected chi connectivity index (χ2v) is 9.21. The summed E-state index contributed by atoms with van der Waals surface area (Å²) in [5.41, 5.74) is 0.791. The van der Waals surface area contributed by atoms with Crippen molar-refractivity contribution in [3.8, 4) is 11.3 Å². The maximum absolute atomic E-state index is 12.7. The Kier molecular flexibility index (Phi) is 7.99. The summed E-state index contributed by atoms with van der Waals surface area (Å²) in [4.78, 5) is 25.3. The first kappa shape index (κ1) is 22.9. The zero-order valence-electron chi connectivity index (χ0n) is 15.9. The quantitative estimate of drug-likeness (QED) is 0.249. The van der Waals surface area contributed by atoms with Crippen molar-refractivity contribution >= 4 is 69.5 Å². The van der Waals surface area contributed by atoms with E-state index in [1.54, 1.807) is 29.2 Å². The third kappa shape index (κ3) is 5.88. The number of nitrogens with zero attached hydrogens (tertiary/aromatic N) is 1. The van der Waals surface area contributed by atoms with Crippen LogP contribution in [-0.4, -0.2) is 32.7 Å². The van der Waals surface area contributed by atoms with Crippen LogP contribution in [0.2, 0.25) is 10.0 Å². The fourth-order valence-electron chi connectivity index (χ4n) is 2.96. The van der Waals surface area contributed by atoms with Gasteiger partial charge >= 0.3 is 5.97 Å². The molecule has 0 radical (unpaired) electrons. The molecule has 1 amide bonds. The summed E-state index contributed by atoms with van der Waals surface area (Å²) in [6.45, 7) is 0.530. The highest BCUT2D eigenvalue weighted by molar-refractivity contribution is 8.26. The first-order valence-electron chi connectivity index (χ1n) is 9.37. The number of carboxylic acids is 1. The van der Waals surface area contributed by atoms with Crippen molar-refractivity contribution < 1.29 is 19.1 Å². The molecule has 1 aromatic heterocycles. The molecule has 0 bridgehead atoms. The Labute approximate surface area is 194 Å². The Morgan fingerprint density at radius 1 is 1.13 bits per heavy atom. The van der Waals surface area contributed by atoms with Gasteiger partial charge in [0.05, 0.1) is 15.0 Å². The Bertz CT molecular complexity index is 1000. The summed E-state index contributed by atoms with van der Waals surface area (Å²) in [7, 11) is 0. The zero-order chi connectivity index (χ0) is 21.7. The van der Waals surface area contributed by atoms with Crippen LogP contribution in [0.4, 0.5) is 0 Å². The molecule has 0 atom stereocenters. The van der Waals surface area contributed by atoms with Gasteiger partial charge in [0, 0.05) is 24.6 Å². The maximum atomic E-state index is 12.7. The van der Waals surface area contributed by atoms with Crippen molar-refractivity contribution in [3.63, 3.8) is 0 Å². The van der Waals surface area contributed by atoms with Crippen LogP contribution in [0.1, 0.15) is 37.9 Å². The van der Waals surface area contributed by atoms with E-state index in [1.165, 1.54) is 11.8 Å². The van der Waals surface area contributed by atoms with Crippen LogP contribution in [0.15, 0.2) is 39.7 Å². The summed E-state index contributed by atoms with van der Waals surface area (Å²) in [5, 5.41) is 9.56. The van der Waals surface area contributed by atoms with Gasteiger partial charge in [-0.3, -0.25) is 14.5 Å². The Balaban J connectivity index is 1.59. The number of hydrogen-bond donors (Lipinski definition) is 1. The molecule has 0 unspecified atom stereocenters. The van der Waals surface area contributed by atoms with E-state index in [4.69, 9.17) is 44.9 Å². The molecule has 1 saturated heterocycles. The SMILES string of the molecule is O=C(O)CCCCCCN1C(=O)/C(=C\c2ccc(-c3ccc(Cl)c(Cl)c3)o2)SC1=S. The lowest BCUT2D eigenvalue weighted by atomic mass is 10.1. The van der Waals surface area contributed by atoms with Crippen LogP contribution in [0.3, 0.4) is 0 Å². The predicted octanol–water partition coefficient (Wildman–Crippen LogP) is 6.49. The summed E-state index contributed by atoms with van der Waals surface area (Å²) < 4.78 is 6.36. The second kappa shape index (κ2) is 10.5. The van der Waals surface area contributed by atoms with Crippen LogP contribution in [0.25, 0.3) is 17.4 Å². The molecule has 0 spiro atoms. The molecule has 1 fully saturated rings. The number of carbonyl (C=O) groups is 2. The van der Waals surface area contributed by atoms with Crippen molar-refractivity contribution in [2.45, 2.75) is 32.1 Å². The number of benzene rings is 1. The van der Waals surface area contributed by atoms with Gasteiger partial charge in [-0.05, 0) is 43.2 Å². The summed E-state index contributed by atoms with van der Waals surface area (Å²) >= 11 is 18.6. The summed E-state index contributed by atoms with van der Waals surface area (Å²) in [5.74, 6) is 0.252. The van der Waals surface area contributed by atoms with E-state index in [0.717, 1.165) is 24.8 Å². The van der Waals surface area contributed by atoms with Gasteiger partial charge in [0.1, 0.15) is 15.8 Å². The first-order valence-corrected chi connectivity index (χ1v) is 11.4. The van der Waals surface area contributed by atoms with E-state index >= 15 is 0 Å². The third-order valence-corrected chi connectivity index (χ3v) is 6.62.